The molecule has 0 heterocycles. The van der Waals surface area contributed by atoms with Crippen LogP contribution in [0.25, 0.3) is 0 Å². The molecule has 0 amide bonds. The first kappa shape index (κ1) is 17.4. The lowest BCUT2D eigenvalue weighted by Crippen LogP contribution is -2.34. The van der Waals surface area contributed by atoms with E-state index in [0.717, 1.165) is 10.0 Å². The summed E-state index contributed by atoms with van der Waals surface area (Å²) in [6, 6.07) is 7.30. The summed E-state index contributed by atoms with van der Waals surface area (Å²) in [6.45, 7) is 3.43. The van der Waals surface area contributed by atoms with Crippen molar-refractivity contribution in [3.8, 4) is 0 Å². The number of hydrogen-bond acceptors (Lipinski definition) is 5. The molecule has 5 nitrogen and oxygen atoms in total. The molecule has 22 heavy (non-hydrogen) atoms. The molecular formula is C15H20BrNO4S. The predicted octanol–water partition coefficient (Wildman–Crippen LogP) is 1.86. The van der Waals surface area contributed by atoms with Crippen LogP contribution in [0.3, 0.4) is 0 Å². The summed E-state index contributed by atoms with van der Waals surface area (Å²) in [4.78, 5) is 12.4. The molecule has 3 atom stereocenters. The Labute approximate surface area is 139 Å². The van der Waals surface area contributed by atoms with Crippen molar-refractivity contribution in [1.82, 2.24) is 0 Å². The molecule has 1 saturated carbocycles. The lowest BCUT2D eigenvalue weighted by molar-refractivity contribution is -0.149. The van der Waals surface area contributed by atoms with Crippen LogP contribution in [0.15, 0.2) is 28.7 Å². The molecule has 0 aliphatic heterocycles. The molecule has 122 valence electrons. The maximum Gasteiger partial charge on any atom is 0.315 e. The third kappa shape index (κ3) is 2.70. The molecule has 2 rings (SSSR count). The third-order valence-electron chi connectivity index (χ3n) is 4.27. The molecule has 1 aromatic rings. The Bertz CT molecular complexity index is 659. The highest BCUT2D eigenvalue weighted by Crippen LogP contribution is 2.63. The minimum absolute atomic E-state index is 0.0220. The van der Waals surface area contributed by atoms with Gasteiger partial charge in [0.15, 0.2) is 9.84 Å². The fourth-order valence-corrected chi connectivity index (χ4v) is 5.43. The highest BCUT2D eigenvalue weighted by Gasteiger charge is 2.74. The highest BCUT2D eigenvalue weighted by atomic mass is 79.9. The van der Waals surface area contributed by atoms with Gasteiger partial charge >= 0.3 is 5.97 Å². The summed E-state index contributed by atoms with van der Waals surface area (Å²) >= 11 is 3.35. The van der Waals surface area contributed by atoms with E-state index in [2.05, 4.69) is 15.9 Å². The van der Waals surface area contributed by atoms with E-state index in [1.807, 2.05) is 24.3 Å². The van der Waals surface area contributed by atoms with Gasteiger partial charge in [0.25, 0.3) is 0 Å². The van der Waals surface area contributed by atoms with E-state index in [9.17, 15) is 13.2 Å². The maximum absolute atomic E-state index is 12.4. The number of esters is 1. The number of carbonyl (C=O) groups is 1. The van der Waals surface area contributed by atoms with Gasteiger partial charge in [-0.2, -0.15) is 0 Å². The van der Waals surface area contributed by atoms with E-state index in [4.69, 9.17) is 10.5 Å². The van der Waals surface area contributed by atoms with Gasteiger partial charge in [-0.05, 0) is 24.6 Å². The van der Waals surface area contributed by atoms with E-state index in [0.29, 0.717) is 0 Å². The number of sulfone groups is 1. The molecule has 3 unspecified atom stereocenters. The van der Waals surface area contributed by atoms with E-state index in [-0.39, 0.29) is 18.9 Å². The van der Waals surface area contributed by atoms with E-state index < -0.39 is 32.4 Å². The van der Waals surface area contributed by atoms with Crippen LogP contribution in [0, 0.1) is 5.41 Å². The first-order chi connectivity index (χ1) is 10.3. The van der Waals surface area contributed by atoms with Crippen LogP contribution < -0.4 is 5.73 Å². The Morgan fingerprint density at radius 1 is 1.32 bits per heavy atom. The normalized spacial score (nSPS) is 27.5. The molecule has 1 aliphatic rings. The molecule has 0 aromatic heterocycles. The Morgan fingerprint density at radius 2 is 1.91 bits per heavy atom. The Kier molecular flexibility index (Phi) is 4.99. The van der Waals surface area contributed by atoms with Gasteiger partial charge in [-0.15, -0.1) is 0 Å². The van der Waals surface area contributed by atoms with Crippen LogP contribution in [0.2, 0.25) is 0 Å². The fraction of sp³-hybridized carbons (Fsp3) is 0.533. The van der Waals surface area contributed by atoms with Crippen molar-refractivity contribution < 1.29 is 17.9 Å². The van der Waals surface area contributed by atoms with Crippen molar-refractivity contribution in [2.24, 2.45) is 11.1 Å². The maximum atomic E-state index is 12.4. The molecule has 1 aromatic carbocycles. The summed E-state index contributed by atoms with van der Waals surface area (Å²) in [5.41, 5.74) is 5.45. The second-order valence-corrected chi connectivity index (χ2v) is 8.69. The van der Waals surface area contributed by atoms with Crippen LogP contribution in [0.1, 0.15) is 25.3 Å². The smallest absolute Gasteiger partial charge is 0.315 e. The number of carbonyl (C=O) groups excluding carboxylic acids is 1. The third-order valence-corrected chi connectivity index (χ3v) is 7.07. The average Bonchev–Trinajstić information content (AvgIpc) is 3.20. The van der Waals surface area contributed by atoms with Gasteiger partial charge < -0.3 is 10.5 Å². The molecule has 1 aliphatic carbocycles. The van der Waals surface area contributed by atoms with E-state index >= 15 is 0 Å². The quantitative estimate of drug-likeness (QED) is 0.750. The fourth-order valence-electron chi connectivity index (χ4n) is 3.09. The van der Waals surface area contributed by atoms with Crippen molar-refractivity contribution in [2.75, 3.05) is 18.9 Å². The lowest BCUT2D eigenvalue weighted by atomic mass is 9.99. The van der Waals surface area contributed by atoms with Crippen molar-refractivity contribution in [1.29, 1.82) is 0 Å². The lowest BCUT2D eigenvalue weighted by Gasteiger charge is -2.14. The first-order valence-corrected chi connectivity index (χ1v) is 9.70. The van der Waals surface area contributed by atoms with Crippen molar-refractivity contribution in [3.05, 3.63) is 34.3 Å². The topological polar surface area (TPSA) is 86.5 Å². The average molecular weight is 390 g/mol. The second kappa shape index (κ2) is 6.29. The molecule has 7 heteroatoms. The molecule has 1 fully saturated rings. The molecule has 0 saturated heterocycles. The number of benzene rings is 1. The van der Waals surface area contributed by atoms with Crippen LogP contribution in [-0.2, 0) is 19.4 Å². The zero-order valence-corrected chi connectivity index (χ0v) is 15.0. The van der Waals surface area contributed by atoms with E-state index in [1.165, 1.54) is 0 Å². The summed E-state index contributed by atoms with van der Waals surface area (Å²) < 4.78 is 30.8. The molecule has 2 N–H and O–H groups in total. The number of rotatable bonds is 6. The van der Waals surface area contributed by atoms with Crippen LogP contribution in [-0.4, -0.2) is 38.5 Å². The van der Waals surface area contributed by atoms with Crippen molar-refractivity contribution in [3.63, 3.8) is 0 Å². The Hall–Kier alpha value is -0.920. The van der Waals surface area contributed by atoms with Gasteiger partial charge in [0.2, 0.25) is 0 Å². The number of nitrogens with two attached hydrogens (primary N) is 1. The monoisotopic (exact) mass is 389 g/mol. The van der Waals surface area contributed by atoms with Crippen LogP contribution in [0.5, 0.6) is 0 Å². The molecule has 0 bridgehead atoms. The van der Waals surface area contributed by atoms with Crippen molar-refractivity contribution in [2.45, 2.75) is 25.0 Å². The van der Waals surface area contributed by atoms with Gasteiger partial charge in [0.05, 0.1) is 11.9 Å². The number of hydrogen-bond donors (Lipinski definition) is 1. The standard InChI is InChI=1S/C15H20BrNO4S/c1-3-21-14(18)15(9-17)12(13(15)22(19,20)4-2)10-5-7-11(16)8-6-10/h5-8,12-13H,3-4,9,17H2,1-2H3. The Morgan fingerprint density at radius 3 is 2.36 bits per heavy atom. The van der Waals surface area contributed by atoms with E-state index in [1.54, 1.807) is 13.8 Å². The Balaban J connectivity index is 2.49. The predicted molar refractivity (Wildman–Crippen MR) is 88.3 cm³/mol. The van der Waals surface area contributed by atoms with Gasteiger partial charge in [0, 0.05) is 22.7 Å². The summed E-state index contributed by atoms with van der Waals surface area (Å²) in [5.74, 6) is -0.992. The van der Waals surface area contributed by atoms with Crippen LogP contribution >= 0.6 is 15.9 Å². The van der Waals surface area contributed by atoms with Crippen molar-refractivity contribution >= 4 is 31.7 Å². The SMILES string of the molecule is CCOC(=O)C1(CN)C(c2ccc(Br)cc2)C1S(=O)(=O)CC. The van der Waals surface area contributed by atoms with Gasteiger partial charge in [-0.3, -0.25) is 4.79 Å². The number of ether oxygens (including phenoxy) is 1. The van der Waals surface area contributed by atoms with Gasteiger partial charge in [-0.25, -0.2) is 8.42 Å². The highest BCUT2D eigenvalue weighted by molar-refractivity contribution is 9.10. The summed E-state index contributed by atoms with van der Waals surface area (Å²) in [5, 5.41) is -0.810. The minimum atomic E-state index is -3.41. The van der Waals surface area contributed by atoms with Gasteiger partial charge in [-0.1, -0.05) is 35.0 Å². The van der Waals surface area contributed by atoms with Gasteiger partial charge in [0.1, 0.15) is 5.41 Å². The summed E-state index contributed by atoms with van der Waals surface area (Å²) in [6.07, 6.45) is 0. The largest absolute Gasteiger partial charge is 0.465 e. The first-order valence-electron chi connectivity index (χ1n) is 7.19. The zero-order chi connectivity index (χ0) is 16.5. The molecule has 0 radical (unpaired) electrons. The van der Waals surface area contributed by atoms with Crippen LogP contribution in [0.4, 0.5) is 0 Å². The zero-order valence-electron chi connectivity index (χ0n) is 12.6. The second-order valence-electron chi connectivity index (χ2n) is 5.37. The summed E-state index contributed by atoms with van der Waals surface area (Å²) in [7, 11) is -3.41. The minimum Gasteiger partial charge on any atom is -0.465 e. The molecular weight excluding hydrogens is 370 g/mol. The molecule has 0 spiro atoms. The number of halogens is 1.